The van der Waals surface area contributed by atoms with Crippen molar-refractivity contribution in [2.24, 2.45) is 10.2 Å². The number of amidine groups is 1. The number of amides is 1. The molecule has 1 saturated heterocycles. The van der Waals surface area contributed by atoms with E-state index in [4.69, 9.17) is 4.42 Å². The van der Waals surface area contributed by atoms with Crippen LogP contribution in [0, 0.1) is 0 Å². The van der Waals surface area contributed by atoms with Crippen LogP contribution in [0.5, 0.6) is 11.5 Å². The molecule has 0 radical (unpaired) electrons. The van der Waals surface area contributed by atoms with Crippen LogP contribution in [0.1, 0.15) is 16.9 Å². The fourth-order valence-corrected chi connectivity index (χ4v) is 6.38. The van der Waals surface area contributed by atoms with Gasteiger partial charge in [-0.15, -0.1) is 5.10 Å². The van der Waals surface area contributed by atoms with Crippen LogP contribution in [0.25, 0.3) is 6.08 Å². The first-order valence-corrected chi connectivity index (χ1v) is 13.4. The van der Waals surface area contributed by atoms with E-state index in [1.165, 1.54) is 17.4 Å². The zero-order valence-corrected chi connectivity index (χ0v) is 24.0. The summed E-state index contributed by atoms with van der Waals surface area (Å²) in [6.45, 7) is 0.159. The van der Waals surface area contributed by atoms with Crippen molar-refractivity contribution in [1.82, 2.24) is 4.90 Å². The Balaban J connectivity index is 1.69. The molecule has 1 aliphatic heterocycles. The maximum atomic E-state index is 13.2. The number of thioether (sulfide) groups is 1. The first kappa shape index (κ1) is 25.2. The largest absolute Gasteiger partial charge is 0.506 e. The highest BCUT2D eigenvalue weighted by Gasteiger charge is 2.34. The molecule has 2 N–H and O–H groups in total. The molecule has 2 aromatic carbocycles. The van der Waals surface area contributed by atoms with E-state index in [-0.39, 0.29) is 24.0 Å². The van der Waals surface area contributed by atoms with Gasteiger partial charge >= 0.3 is 0 Å². The van der Waals surface area contributed by atoms with Crippen molar-refractivity contribution < 1.29 is 19.4 Å². The van der Waals surface area contributed by atoms with Gasteiger partial charge in [-0.05, 0) is 86.1 Å². The van der Waals surface area contributed by atoms with Crippen LogP contribution >= 0.6 is 75.5 Å². The van der Waals surface area contributed by atoms with E-state index in [0.717, 1.165) is 20.7 Å². The number of hydrogen-bond donors (Lipinski definition) is 2. The third kappa shape index (κ3) is 5.68. The van der Waals surface area contributed by atoms with E-state index < -0.39 is 0 Å². The number of halogens is 4. The second kappa shape index (κ2) is 10.8. The van der Waals surface area contributed by atoms with Gasteiger partial charge in [-0.3, -0.25) is 9.69 Å². The molecule has 1 fully saturated rings. The molecule has 4 rings (SSSR count). The summed E-state index contributed by atoms with van der Waals surface area (Å²) in [4.78, 5) is 15.0. The zero-order valence-electron chi connectivity index (χ0n) is 16.9. The average molecular weight is 735 g/mol. The molecule has 12 heteroatoms. The Morgan fingerprint density at radius 1 is 1.00 bits per heavy atom. The molecule has 34 heavy (non-hydrogen) atoms. The number of aromatic hydroxyl groups is 2. The predicted octanol–water partition coefficient (Wildman–Crippen LogP) is 7.25. The highest BCUT2D eigenvalue weighted by Crippen LogP contribution is 2.38. The molecule has 1 amide bonds. The number of phenolic OH excluding ortho intramolecular Hbond substituents is 2. The summed E-state index contributed by atoms with van der Waals surface area (Å²) in [5.41, 5.74) is 0.904. The summed E-state index contributed by atoms with van der Waals surface area (Å²) in [6, 6.07) is 10.3. The van der Waals surface area contributed by atoms with Crippen molar-refractivity contribution in [1.29, 1.82) is 0 Å². The van der Waals surface area contributed by atoms with Gasteiger partial charge < -0.3 is 14.6 Å². The quantitative estimate of drug-likeness (QED) is 0.164. The van der Waals surface area contributed by atoms with Crippen molar-refractivity contribution in [2.75, 3.05) is 0 Å². The van der Waals surface area contributed by atoms with Gasteiger partial charge in [-0.25, -0.2) is 0 Å². The van der Waals surface area contributed by atoms with Crippen LogP contribution in [0.15, 0.2) is 80.1 Å². The molecule has 0 unspecified atom stereocenters. The molecular formula is C22H13Br4N3O4S. The van der Waals surface area contributed by atoms with Crippen molar-refractivity contribution in [3.8, 4) is 11.5 Å². The van der Waals surface area contributed by atoms with Gasteiger partial charge in [-0.1, -0.05) is 31.9 Å². The SMILES string of the molecule is O=C1/C(=C/c2cc(Br)cc(Br)c2O)S/C(=N\N=C\c2cc(Br)cc(Br)c2O)N1Cc1ccco1. The van der Waals surface area contributed by atoms with Gasteiger partial charge in [0.2, 0.25) is 0 Å². The van der Waals surface area contributed by atoms with Gasteiger partial charge in [0.05, 0.1) is 32.9 Å². The molecule has 0 saturated carbocycles. The number of carbonyl (C=O) groups is 1. The van der Waals surface area contributed by atoms with Crippen molar-refractivity contribution in [3.05, 3.63) is 82.3 Å². The molecule has 0 bridgehead atoms. The Morgan fingerprint density at radius 2 is 1.65 bits per heavy atom. The Bertz CT molecular complexity index is 1360. The summed E-state index contributed by atoms with van der Waals surface area (Å²) in [6.07, 6.45) is 4.52. The lowest BCUT2D eigenvalue weighted by Gasteiger charge is -2.12. The van der Waals surface area contributed by atoms with E-state index in [0.29, 0.717) is 35.9 Å². The molecule has 0 atom stereocenters. The lowest BCUT2D eigenvalue weighted by Crippen LogP contribution is -2.28. The van der Waals surface area contributed by atoms with E-state index >= 15 is 0 Å². The molecule has 174 valence electrons. The Labute approximate surface area is 232 Å². The van der Waals surface area contributed by atoms with Crippen LogP contribution in [-0.4, -0.2) is 32.4 Å². The second-order valence-corrected chi connectivity index (χ2v) is 11.4. The van der Waals surface area contributed by atoms with Crippen molar-refractivity contribution in [3.63, 3.8) is 0 Å². The zero-order chi connectivity index (χ0) is 24.4. The van der Waals surface area contributed by atoms with E-state index in [2.05, 4.69) is 73.9 Å². The normalized spacial score (nSPS) is 16.5. The van der Waals surface area contributed by atoms with Crippen molar-refractivity contribution in [2.45, 2.75) is 6.54 Å². The van der Waals surface area contributed by atoms with E-state index in [1.807, 2.05) is 0 Å². The number of phenols is 2. The van der Waals surface area contributed by atoms with Crippen LogP contribution in [0.2, 0.25) is 0 Å². The lowest BCUT2D eigenvalue weighted by molar-refractivity contribution is -0.122. The summed E-state index contributed by atoms with van der Waals surface area (Å²) in [7, 11) is 0. The minimum atomic E-state index is -0.307. The van der Waals surface area contributed by atoms with Gasteiger partial charge in [0.1, 0.15) is 17.3 Å². The fourth-order valence-electron chi connectivity index (χ4n) is 2.94. The van der Waals surface area contributed by atoms with Gasteiger partial charge in [0.15, 0.2) is 5.17 Å². The summed E-state index contributed by atoms with van der Waals surface area (Å²) < 4.78 is 7.89. The fraction of sp³-hybridized carbons (Fsp3) is 0.0455. The van der Waals surface area contributed by atoms with E-state index in [9.17, 15) is 15.0 Å². The number of furan rings is 1. The minimum Gasteiger partial charge on any atom is -0.506 e. The first-order chi connectivity index (χ1) is 16.2. The third-order valence-electron chi connectivity index (χ3n) is 4.52. The Hall–Kier alpha value is -1.86. The maximum Gasteiger partial charge on any atom is 0.267 e. The molecule has 1 aromatic heterocycles. The van der Waals surface area contributed by atoms with Crippen LogP contribution in [-0.2, 0) is 11.3 Å². The summed E-state index contributed by atoms with van der Waals surface area (Å²) in [5, 5.41) is 29.3. The number of hydrogen-bond acceptors (Lipinski definition) is 7. The molecule has 2 heterocycles. The van der Waals surface area contributed by atoms with Crippen molar-refractivity contribution >= 4 is 98.8 Å². The van der Waals surface area contributed by atoms with E-state index in [1.54, 1.807) is 42.5 Å². The van der Waals surface area contributed by atoms with Crippen LogP contribution in [0.3, 0.4) is 0 Å². The Kier molecular flexibility index (Phi) is 8.03. The third-order valence-corrected chi connectivity index (χ3v) is 7.65. The summed E-state index contributed by atoms with van der Waals surface area (Å²) in [5.74, 6) is 0.305. The average Bonchev–Trinajstić information content (AvgIpc) is 3.39. The number of benzene rings is 2. The standard InChI is InChI=1S/C22H13Br4N3O4S/c23-13-4-11(19(30)16(25)7-13)6-18-21(32)29(10-15-2-1-3-33-15)22(34-18)28-27-9-12-5-14(24)8-17(26)20(12)31/h1-9,30-31H,10H2/b18-6-,27-9+,28-22-. The van der Waals surface area contributed by atoms with Gasteiger partial charge in [0, 0.05) is 20.1 Å². The first-order valence-electron chi connectivity index (χ1n) is 9.43. The van der Waals surface area contributed by atoms with Gasteiger partial charge in [-0.2, -0.15) is 5.10 Å². The number of nitrogens with zero attached hydrogens (tertiary/aromatic N) is 3. The molecule has 0 aliphatic carbocycles. The molecular weight excluding hydrogens is 722 g/mol. The minimum absolute atomic E-state index is 0.0146. The predicted molar refractivity (Wildman–Crippen MR) is 147 cm³/mol. The number of carbonyl (C=O) groups excluding carboxylic acids is 1. The summed E-state index contributed by atoms with van der Waals surface area (Å²) >= 11 is 14.5. The topological polar surface area (TPSA) is 98.6 Å². The smallest absolute Gasteiger partial charge is 0.267 e. The second-order valence-electron chi connectivity index (χ2n) is 6.86. The van der Waals surface area contributed by atoms with Crippen LogP contribution in [0.4, 0.5) is 0 Å². The molecule has 3 aromatic rings. The Morgan fingerprint density at radius 3 is 2.29 bits per heavy atom. The maximum absolute atomic E-state index is 13.2. The number of rotatable bonds is 5. The lowest BCUT2D eigenvalue weighted by atomic mass is 10.2. The van der Waals surface area contributed by atoms with Crippen LogP contribution < -0.4 is 0 Å². The highest BCUT2D eigenvalue weighted by atomic mass is 79.9. The molecule has 0 spiro atoms. The highest BCUT2D eigenvalue weighted by molar-refractivity contribution is 9.11. The molecule has 1 aliphatic rings. The molecule has 7 nitrogen and oxygen atoms in total. The monoisotopic (exact) mass is 731 g/mol. The van der Waals surface area contributed by atoms with Gasteiger partial charge in [0.25, 0.3) is 5.91 Å².